The van der Waals surface area contributed by atoms with Gasteiger partial charge in [-0.15, -0.1) is 0 Å². The van der Waals surface area contributed by atoms with Crippen LogP contribution in [-0.4, -0.2) is 29.8 Å². The Morgan fingerprint density at radius 2 is 2.05 bits per heavy atom. The van der Waals surface area contributed by atoms with E-state index in [2.05, 4.69) is 14.9 Å². The van der Waals surface area contributed by atoms with E-state index in [-0.39, 0.29) is 5.82 Å². The highest BCUT2D eigenvalue weighted by atomic mass is 19.1. The van der Waals surface area contributed by atoms with Crippen LogP contribution >= 0.6 is 0 Å². The predicted octanol–water partition coefficient (Wildman–Crippen LogP) is 3.02. The number of hydrogen-bond donors (Lipinski definition) is 1. The molecule has 0 bridgehead atoms. The average Bonchev–Trinajstić information content (AvgIpc) is 2.83. The second-order valence-corrected chi connectivity index (χ2v) is 5.05. The summed E-state index contributed by atoms with van der Waals surface area (Å²) in [5.74, 6) is 0.684. The van der Waals surface area contributed by atoms with Crippen molar-refractivity contribution in [3.63, 3.8) is 0 Å². The monoisotopic (exact) mass is 291 g/mol. The summed E-state index contributed by atoms with van der Waals surface area (Å²) in [6.45, 7) is 4.37. The van der Waals surface area contributed by atoms with Crippen molar-refractivity contribution in [3.05, 3.63) is 47.5 Å². The second-order valence-electron chi connectivity index (χ2n) is 5.05. The maximum absolute atomic E-state index is 12.9. The third-order valence-corrected chi connectivity index (χ3v) is 3.26. The van der Waals surface area contributed by atoms with Gasteiger partial charge in [-0.3, -0.25) is 0 Å². The number of aromatic nitrogens is 2. The molecule has 1 aromatic heterocycles. The summed E-state index contributed by atoms with van der Waals surface area (Å²) in [5, 5.41) is 3.33. The van der Waals surface area contributed by atoms with Crippen molar-refractivity contribution in [2.45, 2.75) is 26.3 Å². The first-order valence-corrected chi connectivity index (χ1v) is 7.20. The van der Waals surface area contributed by atoms with E-state index in [0.29, 0.717) is 0 Å². The van der Waals surface area contributed by atoms with Gasteiger partial charge < -0.3 is 14.6 Å². The number of imidazole rings is 1. The normalized spacial score (nSPS) is 10.8. The number of hydrogen-bond acceptors (Lipinski definition) is 3. The van der Waals surface area contributed by atoms with Crippen molar-refractivity contribution in [1.82, 2.24) is 9.55 Å². The van der Waals surface area contributed by atoms with Gasteiger partial charge in [-0.05, 0) is 37.5 Å². The van der Waals surface area contributed by atoms with E-state index in [1.54, 1.807) is 7.11 Å². The van der Waals surface area contributed by atoms with E-state index in [4.69, 9.17) is 4.74 Å². The zero-order valence-electron chi connectivity index (χ0n) is 12.6. The highest BCUT2D eigenvalue weighted by Crippen LogP contribution is 2.11. The largest absolute Gasteiger partial charge is 0.385 e. The molecule has 1 N–H and O–H groups in total. The van der Waals surface area contributed by atoms with E-state index in [1.165, 1.54) is 12.1 Å². The van der Waals surface area contributed by atoms with Crippen molar-refractivity contribution in [3.8, 4) is 0 Å². The Balaban J connectivity index is 1.91. The lowest BCUT2D eigenvalue weighted by Gasteiger charge is -2.09. The summed E-state index contributed by atoms with van der Waals surface area (Å²) >= 11 is 0. The Bertz CT molecular complexity index is 551. The molecule has 1 heterocycles. The minimum Gasteiger partial charge on any atom is -0.385 e. The lowest BCUT2D eigenvalue weighted by Crippen LogP contribution is -2.11. The first-order chi connectivity index (χ1) is 10.2. The standard InChI is InChI=1S/C16H22FN3O/c1-13-12-20(16(19-13)18-9-3-11-21-2)10-8-14-4-6-15(17)7-5-14/h4-7,12H,3,8-11H2,1-2H3,(H,18,19). The van der Waals surface area contributed by atoms with Crippen LogP contribution < -0.4 is 5.32 Å². The highest BCUT2D eigenvalue weighted by Gasteiger charge is 2.05. The fourth-order valence-electron chi connectivity index (χ4n) is 2.18. The summed E-state index contributed by atoms with van der Waals surface area (Å²) in [6, 6.07) is 6.65. The number of aryl methyl sites for hydroxylation is 3. The maximum Gasteiger partial charge on any atom is 0.203 e. The Kier molecular flexibility index (Phi) is 5.75. The summed E-state index contributed by atoms with van der Waals surface area (Å²) < 4.78 is 20.0. The second kappa shape index (κ2) is 7.78. The van der Waals surface area contributed by atoms with Gasteiger partial charge in [0.2, 0.25) is 5.95 Å². The Morgan fingerprint density at radius 3 is 2.76 bits per heavy atom. The number of methoxy groups -OCH3 is 1. The van der Waals surface area contributed by atoms with Gasteiger partial charge in [-0.25, -0.2) is 9.37 Å². The molecule has 0 fully saturated rings. The molecule has 0 aliphatic heterocycles. The van der Waals surface area contributed by atoms with Gasteiger partial charge in [0.05, 0.1) is 5.69 Å². The third kappa shape index (κ3) is 4.86. The molecular formula is C16H22FN3O. The van der Waals surface area contributed by atoms with Gasteiger partial charge in [-0.1, -0.05) is 12.1 Å². The van der Waals surface area contributed by atoms with Gasteiger partial charge in [0.1, 0.15) is 5.82 Å². The first-order valence-electron chi connectivity index (χ1n) is 7.20. The molecule has 0 amide bonds. The molecule has 0 saturated heterocycles. The van der Waals surface area contributed by atoms with Crippen LogP contribution in [0.1, 0.15) is 17.7 Å². The van der Waals surface area contributed by atoms with Gasteiger partial charge in [0.15, 0.2) is 0 Å². The Labute approximate surface area is 125 Å². The van der Waals surface area contributed by atoms with Crippen molar-refractivity contribution in [2.24, 2.45) is 0 Å². The lowest BCUT2D eigenvalue weighted by atomic mass is 10.1. The van der Waals surface area contributed by atoms with Crippen LogP contribution in [-0.2, 0) is 17.7 Å². The molecule has 5 heteroatoms. The van der Waals surface area contributed by atoms with Crippen molar-refractivity contribution in [1.29, 1.82) is 0 Å². The highest BCUT2D eigenvalue weighted by molar-refractivity contribution is 5.29. The molecule has 21 heavy (non-hydrogen) atoms. The Morgan fingerprint density at radius 1 is 1.29 bits per heavy atom. The minimum absolute atomic E-state index is 0.197. The number of rotatable bonds is 8. The smallest absolute Gasteiger partial charge is 0.203 e. The molecule has 114 valence electrons. The van der Waals surface area contributed by atoms with Crippen molar-refractivity contribution >= 4 is 5.95 Å². The number of ether oxygens (including phenoxy) is 1. The van der Waals surface area contributed by atoms with Gasteiger partial charge >= 0.3 is 0 Å². The molecule has 0 aliphatic carbocycles. The van der Waals surface area contributed by atoms with E-state index < -0.39 is 0 Å². The van der Waals surface area contributed by atoms with E-state index in [0.717, 1.165) is 49.7 Å². The van der Waals surface area contributed by atoms with Crippen LogP contribution in [0.5, 0.6) is 0 Å². The number of halogens is 1. The molecule has 0 saturated carbocycles. The van der Waals surface area contributed by atoms with Crippen LogP contribution in [0.15, 0.2) is 30.5 Å². The van der Waals surface area contributed by atoms with Gasteiger partial charge in [-0.2, -0.15) is 0 Å². The Hall–Kier alpha value is -1.88. The predicted molar refractivity (Wildman–Crippen MR) is 82.1 cm³/mol. The van der Waals surface area contributed by atoms with Gasteiger partial charge in [0.25, 0.3) is 0 Å². The van der Waals surface area contributed by atoms with E-state index in [9.17, 15) is 4.39 Å². The maximum atomic E-state index is 12.9. The fraction of sp³-hybridized carbons (Fsp3) is 0.438. The quantitative estimate of drug-likeness (QED) is 0.760. The lowest BCUT2D eigenvalue weighted by molar-refractivity contribution is 0.197. The SMILES string of the molecule is COCCCNc1nc(C)cn1CCc1ccc(F)cc1. The molecule has 2 aromatic rings. The number of anilines is 1. The van der Waals surface area contributed by atoms with E-state index in [1.807, 2.05) is 25.3 Å². The molecule has 0 aliphatic rings. The molecule has 0 unspecified atom stereocenters. The molecule has 0 spiro atoms. The van der Waals surface area contributed by atoms with Crippen LogP contribution in [0.4, 0.5) is 10.3 Å². The molecular weight excluding hydrogens is 269 g/mol. The molecule has 0 radical (unpaired) electrons. The van der Waals surface area contributed by atoms with Crippen LogP contribution in [0.2, 0.25) is 0 Å². The molecule has 4 nitrogen and oxygen atoms in total. The number of benzene rings is 1. The summed E-state index contributed by atoms with van der Waals surface area (Å²) in [5.41, 5.74) is 2.11. The topological polar surface area (TPSA) is 39.1 Å². The first kappa shape index (κ1) is 15.5. The zero-order chi connectivity index (χ0) is 15.1. The zero-order valence-corrected chi connectivity index (χ0v) is 12.6. The minimum atomic E-state index is -0.197. The van der Waals surface area contributed by atoms with Crippen molar-refractivity contribution < 1.29 is 9.13 Å². The molecule has 0 atom stereocenters. The number of nitrogens with one attached hydrogen (secondary N) is 1. The molecule has 2 rings (SSSR count). The fourth-order valence-corrected chi connectivity index (χ4v) is 2.18. The van der Waals surface area contributed by atoms with Crippen LogP contribution in [0.25, 0.3) is 0 Å². The average molecular weight is 291 g/mol. The molecule has 1 aromatic carbocycles. The van der Waals surface area contributed by atoms with Gasteiger partial charge in [0, 0.05) is 33.0 Å². The summed E-state index contributed by atoms with van der Waals surface area (Å²) in [6.07, 6.45) is 3.82. The van der Waals surface area contributed by atoms with Crippen LogP contribution in [0, 0.1) is 12.7 Å². The van der Waals surface area contributed by atoms with E-state index >= 15 is 0 Å². The summed E-state index contributed by atoms with van der Waals surface area (Å²) in [4.78, 5) is 4.49. The van der Waals surface area contributed by atoms with Crippen molar-refractivity contribution in [2.75, 3.05) is 25.6 Å². The number of nitrogens with zero attached hydrogens (tertiary/aromatic N) is 2. The summed E-state index contributed by atoms with van der Waals surface area (Å²) in [7, 11) is 1.70. The third-order valence-electron chi connectivity index (χ3n) is 3.26. The van der Waals surface area contributed by atoms with Crippen LogP contribution in [0.3, 0.4) is 0 Å².